The minimum Gasteiger partial charge on any atom is -0.397 e. The highest BCUT2D eigenvalue weighted by molar-refractivity contribution is 8.08. The summed E-state index contributed by atoms with van der Waals surface area (Å²) >= 11 is 4.18. The fourth-order valence-electron chi connectivity index (χ4n) is 2.83. The van der Waals surface area contributed by atoms with E-state index in [1.165, 1.54) is 0 Å². The quantitative estimate of drug-likeness (QED) is 0.548. The van der Waals surface area contributed by atoms with Gasteiger partial charge in [0.25, 0.3) is 0 Å². The number of nitrogens with two attached hydrogens (primary N) is 1. The second-order valence-corrected chi connectivity index (χ2v) is 9.67. The van der Waals surface area contributed by atoms with E-state index in [1.807, 2.05) is 4.57 Å². The zero-order valence-electron chi connectivity index (χ0n) is 12.3. The van der Waals surface area contributed by atoms with Crippen LogP contribution in [0.3, 0.4) is 0 Å². The van der Waals surface area contributed by atoms with E-state index in [2.05, 4.69) is 26.1 Å². The van der Waals surface area contributed by atoms with Crippen LogP contribution in [0.4, 0.5) is 5.69 Å². The normalized spacial score (nSPS) is 24.3. The van der Waals surface area contributed by atoms with Crippen molar-refractivity contribution in [1.82, 2.24) is 14.5 Å². The van der Waals surface area contributed by atoms with Gasteiger partial charge < -0.3 is 25.0 Å². The monoisotopic (exact) mass is 394 g/mol. The van der Waals surface area contributed by atoms with Crippen molar-refractivity contribution in [3.8, 4) is 0 Å². The Kier molecular flexibility index (Phi) is 4.80. The van der Waals surface area contributed by atoms with Gasteiger partial charge in [0, 0.05) is 12.2 Å². The van der Waals surface area contributed by atoms with Crippen molar-refractivity contribution in [1.29, 1.82) is 0 Å². The van der Waals surface area contributed by atoms with Crippen LogP contribution in [-0.4, -0.2) is 35.3 Å². The third-order valence-electron chi connectivity index (χ3n) is 3.73. The van der Waals surface area contributed by atoms with E-state index in [0.29, 0.717) is 36.1 Å². The molecule has 24 heavy (non-hydrogen) atoms. The molecule has 5 N–H and O–H groups in total. The summed E-state index contributed by atoms with van der Waals surface area (Å²) in [5.74, 6) is 0. The van der Waals surface area contributed by atoms with E-state index in [-0.39, 0.29) is 6.04 Å². The van der Waals surface area contributed by atoms with E-state index in [0.717, 1.165) is 0 Å². The van der Waals surface area contributed by atoms with Gasteiger partial charge in [-0.15, -0.1) is 0 Å². The number of anilines is 1. The number of rotatable bonds is 5. The fourth-order valence-corrected chi connectivity index (χ4v) is 5.38. The number of nitrogen functional groups attached to an aromatic ring is 1. The van der Waals surface area contributed by atoms with Crippen molar-refractivity contribution in [2.24, 2.45) is 0 Å². The first kappa shape index (κ1) is 17.9. The molecule has 0 radical (unpaired) electrons. The Balaban J connectivity index is 1.72. The van der Waals surface area contributed by atoms with Crippen molar-refractivity contribution < 1.29 is 28.1 Å². The van der Waals surface area contributed by atoms with Gasteiger partial charge in [0.1, 0.15) is 5.52 Å². The average Bonchev–Trinajstić information content (AvgIpc) is 3.02. The van der Waals surface area contributed by atoms with Crippen molar-refractivity contribution in [2.45, 2.75) is 31.4 Å². The van der Waals surface area contributed by atoms with Crippen LogP contribution in [0.2, 0.25) is 0 Å². The standard InChI is InChI=1S/C11H16N4O6P2S/c12-9-3-4-13-11-10(9)14-6-15(11)7-1-2-8(5-7)20-22(16,17)21-23(18,19)24/h3-4,6-8H,1-2,5H2,(H2,12,13)(H,16,17)(H2,18,19,24)/t7-,8?/m1/s1. The largest absolute Gasteiger partial charge is 0.479 e. The van der Waals surface area contributed by atoms with Crippen LogP contribution < -0.4 is 5.73 Å². The molecule has 3 atom stereocenters. The van der Waals surface area contributed by atoms with E-state index in [9.17, 15) is 9.46 Å². The Bertz CT molecular complexity index is 854. The molecule has 1 aliphatic carbocycles. The molecule has 2 aromatic heterocycles. The predicted molar refractivity (Wildman–Crippen MR) is 89.3 cm³/mol. The van der Waals surface area contributed by atoms with Gasteiger partial charge in [-0.2, -0.15) is 0 Å². The number of phosphoric ester groups is 1. The minimum atomic E-state index is -4.64. The molecule has 1 fully saturated rings. The third kappa shape index (κ3) is 4.01. The van der Waals surface area contributed by atoms with Gasteiger partial charge in [0.15, 0.2) is 5.65 Å². The lowest BCUT2D eigenvalue weighted by atomic mass is 10.2. The Morgan fingerprint density at radius 1 is 1.33 bits per heavy atom. The van der Waals surface area contributed by atoms with E-state index >= 15 is 0 Å². The van der Waals surface area contributed by atoms with E-state index in [1.54, 1.807) is 18.6 Å². The Labute approximate surface area is 142 Å². The lowest BCUT2D eigenvalue weighted by molar-refractivity contribution is 0.135. The molecule has 1 aliphatic rings. The molecule has 132 valence electrons. The van der Waals surface area contributed by atoms with Crippen LogP contribution in [0.1, 0.15) is 25.3 Å². The molecular weight excluding hydrogens is 378 g/mol. The number of nitrogens with zero attached hydrogens (tertiary/aromatic N) is 3. The number of hydrogen-bond donors (Lipinski definition) is 4. The number of pyridine rings is 1. The van der Waals surface area contributed by atoms with Gasteiger partial charge in [0.2, 0.25) is 0 Å². The molecule has 2 heterocycles. The Morgan fingerprint density at radius 3 is 2.79 bits per heavy atom. The number of phosphoric acid groups is 1. The molecule has 13 heteroatoms. The fraction of sp³-hybridized carbons (Fsp3) is 0.455. The Hall–Kier alpha value is -0.900. The highest BCUT2D eigenvalue weighted by atomic mass is 32.5. The zero-order chi connectivity index (χ0) is 17.5. The van der Waals surface area contributed by atoms with Gasteiger partial charge in [-0.05, 0) is 37.1 Å². The van der Waals surface area contributed by atoms with E-state index in [4.69, 9.17) is 20.0 Å². The average molecular weight is 394 g/mol. The molecule has 2 unspecified atom stereocenters. The molecule has 0 spiro atoms. The Morgan fingerprint density at radius 2 is 2.08 bits per heavy atom. The summed E-state index contributed by atoms with van der Waals surface area (Å²) in [6.45, 7) is -4.29. The molecular formula is C11H16N4O6P2S. The van der Waals surface area contributed by atoms with Gasteiger partial charge in [-0.3, -0.25) is 4.52 Å². The van der Waals surface area contributed by atoms with Crippen molar-refractivity contribution in [2.75, 3.05) is 5.73 Å². The van der Waals surface area contributed by atoms with Gasteiger partial charge >= 0.3 is 14.5 Å². The van der Waals surface area contributed by atoms with Gasteiger partial charge in [0.05, 0.1) is 18.1 Å². The van der Waals surface area contributed by atoms with Crippen molar-refractivity contribution in [3.63, 3.8) is 0 Å². The lowest BCUT2D eigenvalue weighted by Crippen LogP contribution is -2.10. The molecule has 3 rings (SSSR count). The summed E-state index contributed by atoms with van der Waals surface area (Å²) < 4.78 is 22.8. The third-order valence-corrected chi connectivity index (χ3v) is 6.57. The van der Waals surface area contributed by atoms with Crippen LogP contribution >= 0.6 is 14.5 Å². The van der Waals surface area contributed by atoms with Gasteiger partial charge in [-0.1, -0.05) is 0 Å². The molecule has 0 bridgehead atoms. The second kappa shape index (κ2) is 6.44. The molecule has 2 aromatic rings. The first-order valence-electron chi connectivity index (χ1n) is 7.00. The maximum atomic E-state index is 11.7. The minimum absolute atomic E-state index is 0.0411. The summed E-state index contributed by atoms with van der Waals surface area (Å²) in [6, 6.07) is 1.62. The van der Waals surface area contributed by atoms with Crippen LogP contribution in [0, 0.1) is 0 Å². The number of fused-ring (bicyclic) bond motifs is 1. The number of aromatic nitrogens is 3. The van der Waals surface area contributed by atoms with Crippen LogP contribution in [-0.2, 0) is 25.2 Å². The predicted octanol–water partition coefficient (Wildman–Crippen LogP) is 1.45. The summed E-state index contributed by atoms with van der Waals surface area (Å²) in [5.41, 5.74) is 7.61. The number of hydrogen-bond acceptors (Lipinski definition) is 7. The number of imidazole rings is 1. The summed E-state index contributed by atoms with van der Waals surface area (Å²) in [6.07, 6.45) is 4.18. The van der Waals surface area contributed by atoms with Crippen molar-refractivity contribution in [3.05, 3.63) is 18.6 Å². The topological polar surface area (TPSA) is 153 Å². The van der Waals surface area contributed by atoms with Crippen LogP contribution in [0.5, 0.6) is 0 Å². The molecule has 10 nitrogen and oxygen atoms in total. The smallest absolute Gasteiger partial charge is 0.397 e. The molecule has 0 amide bonds. The SMILES string of the molecule is Nc1ccnc2c1ncn2[C@@H]1CCC(OP(=O)(O)OP(O)(O)=S)C1. The second-order valence-electron chi connectivity index (χ2n) is 5.46. The summed E-state index contributed by atoms with van der Waals surface area (Å²) in [5, 5.41) is 0. The highest BCUT2D eigenvalue weighted by Gasteiger charge is 2.36. The highest BCUT2D eigenvalue weighted by Crippen LogP contribution is 2.59. The molecule has 0 aliphatic heterocycles. The summed E-state index contributed by atoms with van der Waals surface area (Å²) in [4.78, 5) is 36.0. The maximum absolute atomic E-state index is 11.7. The van der Waals surface area contributed by atoms with Crippen LogP contribution in [0.25, 0.3) is 11.2 Å². The van der Waals surface area contributed by atoms with Crippen molar-refractivity contribution >= 4 is 43.2 Å². The zero-order valence-corrected chi connectivity index (χ0v) is 14.9. The van der Waals surface area contributed by atoms with Gasteiger partial charge in [-0.25, -0.2) is 18.8 Å². The molecule has 1 saturated carbocycles. The first-order chi connectivity index (χ1) is 11.1. The van der Waals surface area contributed by atoms with Crippen LogP contribution in [0.15, 0.2) is 18.6 Å². The van der Waals surface area contributed by atoms with E-state index < -0.39 is 20.6 Å². The first-order valence-corrected chi connectivity index (χ1v) is 11.1. The maximum Gasteiger partial charge on any atom is 0.479 e. The molecule has 0 saturated heterocycles. The molecule has 0 aromatic carbocycles. The summed E-state index contributed by atoms with van der Waals surface area (Å²) in [7, 11) is -4.64. The lowest BCUT2D eigenvalue weighted by Gasteiger charge is -2.18.